The molecule has 3 heteroatoms. The number of nitrogens with one attached hydrogen (secondary N) is 1. The van der Waals surface area contributed by atoms with Crippen LogP contribution in [0.1, 0.15) is 38.3 Å². The van der Waals surface area contributed by atoms with E-state index in [4.69, 9.17) is 0 Å². The van der Waals surface area contributed by atoms with Gasteiger partial charge in [-0.2, -0.15) is 0 Å². The molecule has 0 saturated carbocycles. The van der Waals surface area contributed by atoms with Crippen LogP contribution >= 0.6 is 0 Å². The molecule has 88 valence electrons. The van der Waals surface area contributed by atoms with Gasteiger partial charge in [0.05, 0.1) is 10.8 Å². The van der Waals surface area contributed by atoms with E-state index in [1.165, 1.54) is 5.56 Å². The molecule has 0 fully saturated rings. The molecule has 1 aliphatic heterocycles. The summed E-state index contributed by atoms with van der Waals surface area (Å²) in [5.41, 5.74) is 1.23. The summed E-state index contributed by atoms with van der Waals surface area (Å²) in [5.74, 6) is 0.799. The lowest BCUT2D eigenvalue weighted by atomic mass is 10.0. The highest BCUT2D eigenvalue weighted by molar-refractivity contribution is 7.85. The van der Waals surface area contributed by atoms with Gasteiger partial charge in [-0.25, -0.2) is 0 Å². The molecular weight excluding hydrogens is 218 g/mol. The SMILES string of the molecule is CC(C)NC1CCCS(=O)c2ccccc21. The van der Waals surface area contributed by atoms with E-state index in [0.717, 1.165) is 23.5 Å². The van der Waals surface area contributed by atoms with Gasteiger partial charge < -0.3 is 5.32 Å². The van der Waals surface area contributed by atoms with Crippen molar-refractivity contribution in [2.75, 3.05) is 5.75 Å². The largest absolute Gasteiger partial charge is 0.308 e. The van der Waals surface area contributed by atoms with Crippen molar-refractivity contribution in [2.45, 2.75) is 43.7 Å². The molecule has 1 heterocycles. The molecule has 2 unspecified atom stereocenters. The van der Waals surface area contributed by atoms with Crippen LogP contribution in [0.2, 0.25) is 0 Å². The van der Waals surface area contributed by atoms with Gasteiger partial charge in [0.1, 0.15) is 0 Å². The van der Waals surface area contributed by atoms with Gasteiger partial charge in [0.15, 0.2) is 0 Å². The van der Waals surface area contributed by atoms with Crippen LogP contribution in [0.4, 0.5) is 0 Å². The van der Waals surface area contributed by atoms with Crippen molar-refractivity contribution in [3.63, 3.8) is 0 Å². The van der Waals surface area contributed by atoms with Crippen LogP contribution in [0, 0.1) is 0 Å². The minimum Gasteiger partial charge on any atom is -0.308 e. The van der Waals surface area contributed by atoms with E-state index in [9.17, 15) is 4.21 Å². The molecule has 1 N–H and O–H groups in total. The zero-order valence-electron chi connectivity index (χ0n) is 9.90. The minimum atomic E-state index is -0.808. The van der Waals surface area contributed by atoms with Gasteiger partial charge in [-0.3, -0.25) is 4.21 Å². The molecule has 0 aliphatic carbocycles. The van der Waals surface area contributed by atoms with E-state index < -0.39 is 10.8 Å². The maximum Gasteiger partial charge on any atom is 0.0532 e. The molecule has 2 nitrogen and oxygen atoms in total. The summed E-state index contributed by atoms with van der Waals surface area (Å²) in [6.45, 7) is 4.31. The van der Waals surface area contributed by atoms with Gasteiger partial charge >= 0.3 is 0 Å². The lowest BCUT2D eigenvalue weighted by Gasteiger charge is -2.21. The highest BCUT2D eigenvalue weighted by atomic mass is 32.2. The molecule has 0 saturated heterocycles. The first kappa shape index (κ1) is 11.8. The molecule has 0 spiro atoms. The van der Waals surface area contributed by atoms with Crippen molar-refractivity contribution in [1.82, 2.24) is 5.32 Å². The van der Waals surface area contributed by atoms with E-state index in [2.05, 4.69) is 25.2 Å². The standard InChI is InChI=1S/C13H19NOS/c1-10(2)14-12-7-5-9-16(15)13-8-4-3-6-11(12)13/h3-4,6,8,10,12,14H,5,7,9H2,1-2H3. The van der Waals surface area contributed by atoms with Crippen molar-refractivity contribution in [3.05, 3.63) is 29.8 Å². The Morgan fingerprint density at radius 2 is 2.12 bits per heavy atom. The molecule has 1 aromatic rings. The normalized spacial score (nSPS) is 25.2. The smallest absolute Gasteiger partial charge is 0.0532 e. The Bertz CT molecular complexity index is 389. The average Bonchev–Trinajstić information content (AvgIpc) is 2.40. The first-order valence-corrected chi connectivity index (χ1v) is 7.23. The Balaban J connectivity index is 2.35. The zero-order valence-corrected chi connectivity index (χ0v) is 10.7. The van der Waals surface area contributed by atoms with E-state index in [1.807, 2.05) is 18.2 Å². The highest BCUT2D eigenvalue weighted by Crippen LogP contribution is 2.29. The molecule has 0 aromatic heterocycles. The van der Waals surface area contributed by atoms with E-state index in [0.29, 0.717) is 12.1 Å². The van der Waals surface area contributed by atoms with Gasteiger partial charge in [-0.1, -0.05) is 32.0 Å². The van der Waals surface area contributed by atoms with Crippen LogP contribution in [0.5, 0.6) is 0 Å². The number of rotatable bonds is 2. The van der Waals surface area contributed by atoms with Crippen molar-refractivity contribution in [2.24, 2.45) is 0 Å². The summed E-state index contributed by atoms with van der Waals surface area (Å²) in [6.07, 6.45) is 2.12. The number of fused-ring (bicyclic) bond motifs is 1. The third kappa shape index (κ3) is 2.53. The van der Waals surface area contributed by atoms with E-state index >= 15 is 0 Å². The molecular formula is C13H19NOS. The van der Waals surface area contributed by atoms with Crippen molar-refractivity contribution in [1.29, 1.82) is 0 Å². The summed E-state index contributed by atoms with van der Waals surface area (Å²) in [6, 6.07) is 8.96. The second-order valence-corrected chi connectivity index (χ2v) is 6.14. The average molecular weight is 237 g/mol. The quantitative estimate of drug-likeness (QED) is 0.856. The van der Waals surface area contributed by atoms with Crippen molar-refractivity contribution >= 4 is 10.8 Å². The Morgan fingerprint density at radius 1 is 1.38 bits per heavy atom. The molecule has 2 rings (SSSR count). The maximum absolute atomic E-state index is 12.0. The van der Waals surface area contributed by atoms with Gasteiger partial charge in [0.25, 0.3) is 0 Å². The summed E-state index contributed by atoms with van der Waals surface area (Å²) in [7, 11) is -0.808. The zero-order chi connectivity index (χ0) is 11.5. The second-order valence-electron chi connectivity index (χ2n) is 4.60. The number of hydrogen-bond donors (Lipinski definition) is 1. The Kier molecular flexibility index (Phi) is 3.77. The maximum atomic E-state index is 12.0. The van der Waals surface area contributed by atoms with Gasteiger partial charge in [0, 0.05) is 22.7 Å². The van der Waals surface area contributed by atoms with Crippen LogP contribution in [0.15, 0.2) is 29.2 Å². The van der Waals surface area contributed by atoms with Crippen LogP contribution in [0.3, 0.4) is 0 Å². The second kappa shape index (κ2) is 5.11. The van der Waals surface area contributed by atoms with Crippen LogP contribution in [-0.2, 0) is 10.8 Å². The predicted octanol–water partition coefficient (Wildman–Crippen LogP) is 2.63. The van der Waals surface area contributed by atoms with Crippen LogP contribution in [0.25, 0.3) is 0 Å². The first-order valence-electron chi connectivity index (χ1n) is 5.92. The summed E-state index contributed by atoms with van der Waals surface area (Å²) in [4.78, 5) is 1.03. The fourth-order valence-electron chi connectivity index (χ4n) is 2.24. The Hall–Kier alpha value is -0.670. The lowest BCUT2D eigenvalue weighted by molar-refractivity contribution is 0.447. The van der Waals surface area contributed by atoms with E-state index in [-0.39, 0.29) is 0 Å². The van der Waals surface area contributed by atoms with Gasteiger partial charge in [-0.05, 0) is 24.5 Å². The van der Waals surface area contributed by atoms with Crippen LogP contribution < -0.4 is 5.32 Å². The molecule has 0 radical (unpaired) electrons. The molecule has 1 aliphatic rings. The van der Waals surface area contributed by atoms with Crippen molar-refractivity contribution in [3.8, 4) is 0 Å². The third-order valence-electron chi connectivity index (χ3n) is 2.90. The van der Waals surface area contributed by atoms with Gasteiger partial charge in [-0.15, -0.1) is 0 Å². The first-order chi connectivity index (χ1) is 7.68. The van der Waals surface area contributed by atoms with Crippen molar-refractivity contribution < 1.29 is 4.21 Å². The third-order valence-corrected chi connectivity index (χ3v) is 4.42. The molecule has 16 heavy (non-hydrogen) atoms. The number of hydrogen-bond acceptors (Lipinski definition) is 2. The fourth-order valence-corrected chi connectivity index (χ4v) is 3.59. The monoisotopic (exact) mass is 237 g/mol. The Labute approximate surface area is 99.9 Å². The summed E-state index contributed by atoms with van der Waals surface area (Å²) >= 11 is 0. The topological polar surface area (TPSA) is 29.1 Å². The fraction of sp³-hybridized carbons (Fsp3) is 0.538. The predicted molar refractivity (Wildman–Crippen MR) is 68.0 cm³/mol. The minimum absolute atomic E-state index is 0.364. The molecule has 0 amide bonds. The molecule has 0 bridgehead atoms. The van der Waals surface area contributed by atoms with Gasteiger partial charge in [0.2, 0.25) is 0 Å². The Morgan fingerprint density at radius 3 is 2.88 bits per heavy atom. The summed E-state index contributed by atoms with van der Waals surface area (Å²) < 4.78 is 12.0. The van der Waals surface area contributed by atoms with Crippen LogP contribution in [-0.4, -0.2) is 16.0 Å². The lowest BCUT2D eigenvalue weighted by Crippen LogP contribution is -2.28. The highest BCUT2D eigenvalue weighted by Gasteiger charge is 2.22. The number of benzene rings is 1. The van der Waals surface area contributed by atoms with E-state index in [1.54, 1.807) is 0 Å². The molecule has 1 aromatic carbocycles. The summed E-state index contributed by atoms with van der Waals surface area (Å²) in [5, 5.41) is 3.56. The molecule has 2 atom stereocenters.